The highest BCUT2D eigenvalue weighted by atomic mass is 127. The Hall–Kier alpha value is -1.01. The Balaban J connectivity index is 2.40. The first kappa shape index (κ1) is 14.4. The van der Waals surface area contributed by atoms with Crippen LogP contribution in [-0.4, -0.2) is 16.5 Å². The Morgan fingerprint density at radius 2 is 2.00 bits per heavy atom. The van der Waals surface area contributed by atoms with Crippen molar-refractivity contribution in [3.63, 3.8) is 0 Å². The van der Waals surface area contributed by atoms with Gasteiger partial charge in [-0.15, -0.1) is 0 Å². The molecule has 2 aromatic rings. The van der Waals surface area contributed by atoms with E-state index in [0.717, 1.165) is 18.5 Å². The zero-order valence-electron chi connectivity index (χ0n) is 11.2. The Bertz CT molecular complexity index is 528. The lowest BCUT2D eigenvalue weighted by Crippen LogP contribution is -2.24. The van der Waals surface area contributed by atoms with Gasteiger partial charge in [-0.25, -0.2) is 9.97 Å². The van der Waals surface area contributed by atoms with Crippen LogP contribution in [0.25, 0.3) is 0 Å². The molecule has 1 N–H and O–H groups in total. The zero-order chi connectivity index (χ0) is 13.7. The molecule has 0 amide bonds. The SMILES string of the molecule is CCCNC(c1cncnc1)c1cccc(C)c1I. The van der Waals surface area contributed by atoms with E-state index in [2.05, 4.69) is 69.9 Å². The molecule has 0 saturated heterocycles. The summed E-state index contributed by atoms with van der Waals surface area (Å²) in [6.07, 6.45) is 6.45. The standard InChI is InChI=1S/C15H18IN3/c1-3-7-19-15(12-8-17-10-18-9-12)13-6-4-5-11(2)14(13)16/h4-6,8-10,15,19H,3,7H2,1-2H3. The Morgan fingerprint density at radius 1 is 1.26 bits per heavy atom. The van der Waals surface area contributed by atoms with Crippen molar-refractivity contribution in [2.45, 2.75) is 26.3 Å². The molecule has 0 aliphatic rings. The lowest BCUT2D eigenvalue weighted by atomic mass is 9.99. The molecule has 1 unspecified atom stereocenters. The maximum atomic E-state index is 4.14. The molecule has 1 atom stereocenters. The van der Waals surface area contributed by atoms with Crippen molar-refractivity contribution in [2.75, 3.05) is 6.54 Å². The first-order chi connectivity index (χ1) is 9.24. The van der Waals surface area contributed by atoms with Gasteiger partial charge in [-0.3, -0.25) is 0 Å². The van der Waals surface area contributed by atoms with E-state index in [4.69, 9.17) is 0 Å². The van der Waals surface area contributed by atoms with E-state index in [1.165, 1.54) is 14.7 Å². The van der Waals surface area contributed by atoms with Gasteiger partial charge >= 0.3 is 0 Å². The molecule has 100 valence electrons. The smallest absolute Gasteiger partial charge is 0.115 e. The van der Waals surface area contributed by atoms with Crippen LogP contribution < -0.4 is 5.32 Å². The Labute approximate surface area is 128 Å². The van der Waals surface area contributed by atoms with Crippen LogP contribution in [0.2, 0.25) is 0 Å². The molecule has 1 aromatic carbocycles. The van der Waals surface area contributed by atoms with Crippen molar-refractivity contribution < 1.29 is 0 Å². The van der Waals surface area contributed by atoms with E-state index in [9.17, 15) is 0 Å². The summed E-state index contributed by atoms with van der Waals surface area (Å²) >= 11 is 2.42. The minimum absolute atomic E-state index is 0.160. The Morgan fingerprint density at radius 3 is 2.68 bits per heavy atom. The second kappa shape index (κ2) is 6.96. The van der Waals surface area contributed by atoms with Gasteiger partial charge in [-0.2, -0.15) is 0 Å². The maximum absolute atomic E-state index is 4.14. The fourth-order valence-corrected chi connectivity index (χ4v) is 2.72. The molecule has 0 fully saturated rings. The van der Waals surface area contributed by atoms with E-state index < -0.39 is 0 Å². The number of hydrogen-bond acceptors (Lipinski definition) is 3. The average Bonchev–Trinajstić information content (AvgIpc) is 2.45. The lowest BCUT2D eigenvalue weighted by molar-refractivity contribution is 0.593. The van der Waals surface area contributed by atoms with Gasteiger partial charge in [-0.05, 0) is 53.6 Å². The molecular weight excluding hydrogens is 349 g/mol. The first-order valence-electron chi connectivity index (χ1n) is 6.47. The van der Waals surface area contributed by atoms with Gasteiger partial charge in [0.2, 0.25) is 0 Å². The van der Waals surface area contributed by atoms with E-state index in [1.54, 1.807) is 6.33 Å². The predicted molar refractivity (Wildman–Crippen MR) is 86.1 cm³/mol. The topological polar surface area (TPSA) is 37.8 Å². The normalized spacial score (nSPS) is 12.4. The van der Waals surface area contributed by atoms with Gasteiger partial charge in [0.1, 0.15) is 6.33 Å². The largest absolute Gasteiger partial charge is 0.306 e. The lowest BCUT2D eigenvalue weighted by Gasteiger charge is -2.21. The molecule has 1 aromatic heterocycles. The van der Waals surface area contributed by atoms with Crippen molar-refractivity contribution >= 4 is 22.6 Å². The van der Waals surface area contributed by atoms with Crippen LogP contribution in [0, 0.1) is 10.5 Å². The van der Waals surface area contributed by atoms with Crippen LogP contribution in [0.4, 0.5) is 0 Å². The molecule has 0 saturated carbocycles. The summed E-state index contributed by atoms with van der Waals surface area (Å²) in [5.41, 5.74) is 3.71. The fraction of sp³-hybridized carbons (Fsp3) is 0.333. The third-order valence-electron chi connectivity index (χ3n) is 3.05. The van der Waals surface area contributed by atoms with E-state index in [0.29, 0.717) is 0 Å². The van der Waals surface area contributed by atoms with Crippen LogP contribution in [0.15, 0.2) is 36.9 Å². The molecule has 0 aliphatic heterocycles. The summed E-state index contributed by atoms with van der Waals surface area (Å²) in [6, 6.07) is 6.59. The van der Waals surface area contributed by atoms with E-state index >= 15 is 0 Å². The first-order valence-corrected chi connectivity index (χ1v) is 7.55. The van der Waals surface area contributed by atoms with Gasteiger partial charge in [0.05, 0.1) is 6.04 Å². The molecule has 19 heavy (non-hydrogen) atoms. The summed E-state index contributed by atoms with van der Waals surface area (Å²) in [5.74, 6) is 0. The molecule has 0 radical (unpaired) electrons. The number of rotatable bonds is 5. The van der Waals surface area contributed by atoms with Crippen molar-refractivity contribution in [2.24, 2.45) is 0 Å². The van der Waals surface area contributed by atoms with Gasteiger partial charge in [0, 0.05) is 21.5 Å². The second-order valence-corrected chi connectivity index (χ2v) is 5.62. The quantitative estimate of drug-likeness (QED) is 0.823. The highest BCUT2D eigenvalue weighted by Crippen LogP contribution is 2.27. The highest BCUT2D eigenvalue weighted by molar-refractivity contribution is 14.1. The van der Waals surface area contributed by atoms with Crippen molar-refractivity contribution in [3.8, 4) is 0 Å². The van der Waals surface area contributed by atoms with Gasteiger partial charge in [0.15, 0.2) is 0 Å². The highest BCUT2D eigenvalue weighted by Gasteiger charge is 2.17. The summed E-state index contributed by atoms with van der Waals surface area (Å²) < 4.78 is 1.30. The molecule has 0 bridgehead atoms. The summed E-state index contributed by atoms with van der Waals surface area (Å²) in [6.45, 7) is 5.29. The molecular formula is C15H18IN3. The van der Waals surface area contributed by atoms with Crippen molar-refractivity contribution in [1.82, 2.24) is 15.3 Å². The van der Waals surface area contributed by atoms with E-state index in [1.807, 2.05) is 12.4 Å². The third-order valence-corrected chi connectivity index (χ3v) is 4.52. The number of aryl methyl sites for hydroxylation is 1. The summed E-state index contributed by atoms with van der Waals surface area (Å²) in [7, 11) is 0. The zero-order valence-corrected chi connectivity index (χ0v) is 13.4. The van der Waals surface area contributed by atoms with Gasteiger partial charge < -0.3 is 5.32 Å². The van der Waals surface area contributed by atoms with Crippen LogP contribution in [-0.2, 0) is 0 Å². The number of halogens is 1. The number of hydrogen-bond donors (Lipinski definition) is 1. The summed E-state index contributed by atoms with van der Waals surface area (Å²) in [5, 5.41) is 3.59. The number of benzene rings is 1. The van der Waals surface area contributed by atoms with Gasteiger partial charge in [-0.1, -0.05) is 25.1 Å². The number of aromatic nitrogens is 2. The van der Waals surface area contributed by atoms with Gasteiger partial charge in [0.25, 0.3) is 0 Å². The third kappa shape index (κ3) is 3.51. The minimum atomic E-state index is 0.160. The second-order valence-electron chi connectivity index (χ2n) is 4.54. The fourth-order valence-electron chi connectivity index (χ4n) is 2.05. The molecule has 3 nitrogen and oxygen atoms in total. The monoisotopic (exact) mass is 367 g/mol. The van der Waals surface area contributed by atoms with Crippen molar-refractivity contribution in [1.29, 1.82) is 0 Å². The summed E-state index contributed by atoms with van der Waals surface area (Å²) in [4.78, 5) is 8.28. The molecule has 0 aliphatic carbocycles. The van der Waals surface area contributed by atoms with Crippen LogP contribution in [0.1, 0.15) is 36.1 Å². The molecule has 0 spiro atoms. The van der Waals surface area contributed by atoms with Crippen LogP contribution in [0.3, 0.4) is 0 Å². The average molecular weight is 367 g/mol. The van der Waals surface area contributed by atoms with Crippen molar-refractivity contribution in [3.05, 3.63) is 57.2 Å². The van der Waals surface area contributed by atoms with E-state index in [-0.39, 0.29) is 6.04 Å². The molecule has 4 heteroatoms. The Kier molecular flexibility index (Phi) is 5.27. The van der Waals surface area contributed by atoms with Crippen LogP contribution >= 0.6 is 22.6 Å². The maximum Gasteiger partial charge on any atom is 0.115 e. The number of nitrogens with zero attached hydrogens (tertiary/aromatic N) is 2. The molecule has 1 heterocycles. The number of nitrogens with one attached hydrogen (secondary N) is 1. The predicted octanol–water partition coefficient (Wildman–Crippen LogP) is 3.48. The minimum Gasteiger partial charge on any atom is -0.306 e. The van der Waals surface area contributed by atoms with Crippen LogP contribution in [0.5, 0.6) is 0 Å². The molecule has 2 rings (SSSR count).